The Morgan fingerprint density at radius 3 is 2.33 bits per heavy atom. The SMILES string of the molecule is CC.CCCC(=O)N(C)CCC1CCN(C)CC1. The van der Waals surface area contributed by atoms with Crippen molar-refractivity contribution in [3.8, 4) is 0 Å². The van der Waals surface area contributed by atoms with E-state index >= 15 is 0 Å². The van der Waals surface area contributed by atoms with Crippen molar-refractivity contribution in [2.45, 2.75) is 52.9 Å². The molecule has 0 aromatic carbocycles. The lowest BCUT2D eigenvalue weighted by Gasteiger charge is -2.30. The molecule has 0 aromatic heterocycles. The normalized spacial score (nSPS) is 16.9. The van der Waals surface area contributed by atoms with E-state index in [1.807, 2.05) is 25.8 Å². The number of carbonyl (C=O) groups is 1. The van der Waals surface area contributed by atoms with Crippen LogP contribution in [0.3, 0.4) is 0 Å². The molecule has 1 saturated heterocycles. The zero-order valence-corrected chi connectivity index (χ0v) is 13.0. The number of likely N-dealkylation sites (tertiary alicyclic amines) is 1. The highest BCUT2D eigenvalue weighted by Gasteiger charge is 2.17. The van der Waals surface area contributed by atoms with Crippen molar-refractivity contribution in [3.63, 3.8) is 0 Å². The monoisotopic (exact) mass is 256 g/mol. The van der Waals surface area contributed by atoms with Crippen molar-refractivity contribution >= 4 is 5.91 Å². The van der Waals surface area contributed by atoms with Gasteiger partial charge < -0.3 is 9.80 Å². The second kappa shape index (κ2) is 10.4. The molecule has 3 nitrogen and oxygen atoms in total. The van der Waals surface area contributed by atoms with Crippen LogP contribution in [-0.2, 0) is 4.79 Å². The van der Waals surface area contributed by atoms with Gasteiger partial charge in [0.15, 0.2) is 0 Å². The minimum Gasteiger partial charge on any atom is -0.346 e. The van der Waals surface area contributed by atoms with E-state index in [0.717, 1.165) is 18.9 Å². The topological polar surface area (TPSA) is 23.6 Å². The van der Waals surface area contributed by atoms with Gasteiger partial charge in [0, 0.05) is 20.0 Å². The summed E-state index contributed by atoms with van der Waals surface area (Å²) in [7, 11) is 4.13. The molecule has 1 amide bonds. The first kappa shape index (κ1) is 17.4. The molecule has 1 rings (SSSR count). The number of rotatable bonds is 5. The second-order valence-electron chi connectivity index (χ2n) is 5.10. The van der Waals surface area contributed by atoms with Crippen LogP contribution in [0.4, 0.5) is 0 Å². The minimum atomic E-state index is 0.301. The molecule has 0 unspecified atom stereocenters. The average Bonchev–Trinajstić information content (AvgIpc) is 2.40. The predicted octanol–water partition coefficient (Wildman–Crippen LogP) is 3.00. The van der Waals surface area contributed by atoms with E-state index in [1.54, 1.807) is 0 Å². The molecular weight excluding hydrogens is 224 g/mol. The lowest BCUT2D eigenvalue weighted by molar-refractivity contribution is -0.130. The fourth-order valence-electron chi connectivity index (χ4n) is 2.26. The molecule has 0 N–H and O–H groups in total. The Kier molecular flexibility index (Phi) is 10.0. The van der Waals surface area contributed by atoms with E-state index in [1.165, 1.54) is 32.4 Å². The van der Waals surface area contributed by atoms with Crippen LogP contribution in [0.25, 0.3) is 0 Å². The van der Waals surface area contributed by atoms with Gasteiger partial charge in [-0.15, -0.1) is 0 Å². The highest BCUT2D eigenvalue weighted by atomic mass is 16.2. The lowest BCUT2D eigenvalue weighted by atomic mass is 9.93. The van der Waals surface area contributed by atoms with Gasteiger partial charge in [0.05, 0.1) is 0 Å². The molecule has 0 spiro atoms. The summed E-state index contributed by atoms with van der Waals surface area (Å²) < 4.78 is 0. The molecular formula is C15H32N2O. The van der Waals surface area contributed by atoms with Crippen LogP contribution in [0.15, 0.2) is 0 Å². The van der Waals surface area contributed by atoms with Crippen LogP contribution in [0.1, 0.15) is 52.9 Å². The number of hydrogen-bond donors (Lipinski definition) is 0. The van der Waals surface area contributed by atoms with E-state index < -0.39 is 0 Å². The molecule has 0 aliphatic carbocycles. The Morgan fingerprint density at radius 1 is 1.28 bits per heavy atom. The number of hydrogen-bond acceptors (Lipinski definition) is 2. The van der Waals surface area contributed by atoms with Gasteiger partial charge in [-0.3, -0.25) is 4.79 Å². The highest BCUT2D eigenvalue weighted by molar-refractivity contribution is 5.75. The predicted molar refractivity (Wildman–Crippen MR) is 78.7 cm³/mol. The standard InChI is InChI=1S/C13H26N2O.C2H6/c1-4-5-13(16)15(3)11-8-12-6-9-14(2)10-7-12;1-2/h12H,4-11H2,1-3H3;1-2H3. The highest BCUT2D eigenvalue weighted by Crippen LogP contribution is 2.19. The van der Waals surface area contributed by atoms with Crippen LogP contribution < -0.4 is 0 Å². The molecule has 1 aliphatic rings. The third-order valence-corrected chi connectivity index (χ3v) is 3.60. The molecule has 1 aliphatic heterocycles. The number of nitrogens with zero attached hydrogens (tertiary/aromatic N) is 2. The molecule has 0 saturated carbocycles. The van der Waals surface area contributed by atoms with Crippen LogP contribution in [0.2, 0.25) is 0 Å². The Morgan fingerprint density at radius 2 is 1.83 bits per heavy atom. The second-order valence-corrected chi connectivity index (χ2v) is 5.10. The third-order valence-electron chi connectivity index (χ3n) is 3.60. The van der Waals surface area contributed by atoms with E-state index in [-0.39, 0.29) is 0 Å². The van der Waals surface area contributed by atoms with Gasteiger partial charge in [-0.05, 0) is 51.7 Å². The van der Waals surface area contributed by atoms with Crippen LogP contribution >= 0.6 is 0 Å². The average molecular weight is 256 g/mol. The number of piperidine rings is 1. The Bertz CT molecular complexity index is 211. The first-order valence-electron chi connectivity index (χ1n) is 7.56. The smallest absolute Gasteiger partial charge is 0.222 e. The lowest BCUT2D eigenvalue weighted by Crippen LogP contribution is -2.33. The van der Waals surface area contributed by atoms with Gasteiger partial charge in [0.25, 0.3) is 0 Å². The summed E-state index contributed by atoms with van der Waals surface area (Å²) in [5.74, 6) is 1.13. The Balaban J connectivity index is 0.00000137. The molecule has 0 radical (unpaired) electrons. The van der Waals surface area contributed by atoms with Crippen molar-refractivity contribution in [3.05, 3.63) is 0 Å². The molecule has 0 atom stereocenters. The fraction of sp³-hybridized carbons (Fsp3) is 0.933. The summed E-state index contributed by atoms with van der Waals surface area (Å²) in [5.41, 5.74) is 0. The third kappa shape index (κ3) is 7.00. The van der Waals surface area contributed by atoms with Crippen molar-refractivity contribution in [1.29, 1.82) is 0 Å². The first-order chi connectivity index (χ1) is 8.63. The zero-order chi connectivity index (χ0) is 14.0. The van der Waals surface area contributed by atoms with E-state index in [4.69, 9.17) is 0 Å². The summed E-state index contributed by atoms with van der Waals surface area (Å²) >= 11 is 0. The largest absolute Gasteiger partial charge is 0.346 e. The van der Waals surface area contributed by atoms with Crippen LogP contribution in [0.5, 0.6) is 0 Å². The van der Waals surface area contributed by atoms with Gasteiger partial charge in [-0.25, -0.2) is 0 Å². The van der Waals surface area contributed by atoms with Gasteiger partial charge in [-0.1, -0.05) is 20.8 Å². The summed E-state index contributed by atoms with van der Waals surface area (Å²) in [6.45, 7) is 9.44. The minimum absolute atomic E-state index is 0.301. The summed E-state index contributed by atoms with van der Waals surface area (Å²) in [4.78, 5) is 15.9. The Labute approximate surface area is 114 Å². The van der Waals surface area contributed by atoms with Crippen molar-refractivity contribution in [1.82, 2.24) is 9.80 Å². The molecule has 1 fully saturated rings. The summed E-state index contributed by atoms with van der Waals surface area (Å²) in [6, 6.07) is 0. The van der Waals surface area contributed by atoms with Crippen molar-refractivity contribution in [2.75, 3.05) is 33.7 Å². The fourth-order valence-corrected chi connectivity index (χ4v) is 2.26. The van der Waals surface area contributed by atoms with E-state index in [2.05, 4.69) is 18.9 Å². The van der Waals surface area contributed by atoms with E-state index in [9.17, 15) is 4.79 Å². The maximum Gasteiger partial charge on any atom is 0.222 e. The maximum absolute atomic E-state index is 11.6. The van der Waals surface area contributed by atoms with Gasteiger partial charge in [0.2, 0.25) is 5.91 Å². The number of carbonyl (C=O) groups excluding carboxylic acids is 1. The molecule has 108 valence electrons. The van der Waals surface area contributed by atoms with Crippen molar-refractivity contribution < 1.29 is 4.79 Å². The molecule has 3 heteroatoms. The van der Waals surface area contributed by atoms with Crippen molar-refractivity contribution in [2.24, 2.45) is 5.92 Å². The molecule has 1 heterocycles. The molecule has 18 heavy (non-hydrogen) atoms. The van der Waals surface area contributed by atoms with E-state index in [0.29, 0.717) is 12.3 Å². The van der Waals surface area contributed by atoms with Gasteiger partial charge in [0.1, 0.15) is 0 Å². The van der Waals surface area contributed by atoms with Crippen LogP contribution in [-0.4, -0.2) is 49.4 Å². The quantitative estimate of drug-likeness (QED) is 0.755. The Hall–Kier alpha value is -0.570. The zero-order valence-electron chi connectivity index (χ0n) is 13.0. The maximum atomic E-state index is 11.6. The first-order valence-corrected chi connectivity index (χ1v) is 7.56. The van der Waals surface area contributed by atoms with Crippen LogP contribution in [0, 0.1) is 5.92 Å². The number of amides is 1. The van der Waals surface area contributed by atoms with Gasteiger partial charge in [-0.2, -0.15) is 0 Å². The molecule has 0 bridgehead atoms. The molecule has 0 aromatic rings. The van der Waals surface area contributed by atoms with Gasteiger partial charge >= 0.3 is 0 Å². The summed E-state index contributed by atoms with van der Waals surface area (Å²) in [6.07, 6.45) is 5.43. The summed E-state index contributed by atoms with van der Waals surface area (Å²) in [5, 5.41) is 0.